The third kappa shape index (κ3) is 4.59. The van der Waals surface area contributed by atoms with Crippen LogP contribution in [0.1, 0.15) is 30.3 Å². The standard InChI is InChI=1S/C24H28N6O4/c1-16(31)25-9-10-26-21-18-15-19(23(32)30-11-7-24(8-12-30)33-13-14-34-24)27-22(18)29-20(28-21)17-5-3-2-4-6-17/h2-6,15H,7-14H2,1H3,(H,25,31)(H2,26,27,28,29). The van der Waals surface area contributed by atoms with E-state index in [1.165, 1.54) is 6.92 Å². The molecule has 2 saturated heterocycles. The van der Waals surface area contributed by atoms with E-state index in [1.807, 2.05) is 35.2 Å². The monoisotopic (exact) mass is 464 g/mol. The van der Waals surface area contributed by atoms with Crippen LogP contribution in [-0.2, 0) is 14.3 Å². The van der Waals surface area contributed by atoms with Gasteiger partial charge in [-0.25, -0.2) is 9.97 Å². The number of carbonyl (C=O) groups excluding carboxylic acids is 2. The summed E-state index contributed by atoms with van der Waals surface area (Å²) in [5.41, 5.74) is 1.91. The molecule has 1 aromatic carbocycles. The number of anilines is 1. The summed E-state index contributed by atoms with van der Waals surface area (Å²) in [6.07, 6.45) is 1.32. The molecule has 0 saturated carbocycles. The van der Waals surface area contributed by atoms with Crippen LogP contribution in [0.3, 0.4) is 0 Å². The van der Waals surface area contributed by atoms with Crippen LogP contribution in [0.25, 0.3) is 22.4 Å². The van der Waals surface area contributed by atoms with Crippen molar-refractivity contribution in [2.24, 2.45) is 0 Å². The largest absolute Gasteiger partial charge is 0.368 e. The Balaban J connectivity index is 1.40. The molecule has 3 aromatic rings. The minimum Gasteiger partial charge on any atom is -0.368 e. The van der Waals surface area contributed by atoms with Crippen LogP contribution < -0.4 is 10.6 Å². The van der Waals surface area contributed by atoms with Gasteiger partial charge in [0.25, 0.3) is 5.91 Å². The number of hydrogen-bond acceptors (Lipinski definition) is 7. The maximum atomic E-state index is 13.3. The first-order valence-electron chi connectivity index (χ1n) is 11.5. The van der Waals surface area contributed by atoms with E-state index in [9.17, 15) is 9.59 Å². The van der Waals surface area contributed by atoms with Crippen molar-refractivity contribution in [1.82, 2.24) is 25.2 Å². The summed E-state index contributed by atoms with van der Waals surface area (Å²) in [7, 11) is 0. The molecule has 3 N–H and O–H groups in total. The smallest absolute Gasteiger partial charge is 0.270 e. The molecular formula is C24H28N6O4. The molecule has 0 radical (unpaired) electrons. The van der Waals surface area contributed by atoms with E-state index in [2.05, 4.69) is 20.6 Å². The van der Waals surface area contributed by atoms with Crippen molar-refractivity contribution in [2.45, 2.75) is 25.6 Å². The van der Waals surface area contributed by atoms with Gasteiger partial charge in [0, 0.05) is 51.5 Å². The van der Waals surface area contributed by atoms with E-state index >= 15 is 0 Å². The average Bonchev–Trinajstić information content (AvgIpc) is 3.49. The first-order chi connectivity index (χ1) is 16.5. The lowest BCUT2D eigenvalue weighted by molar-refractivity contribution is -0.181. The van der Waals surface area contributed by atoms with Crippen LogP contribution in [0.2, 0.25) is 0 Å². The zero-order chi connectivity index (χ0) is 23.5. The quantitative estimate of drug-likeness (QED) is 0.478. The predicted octanol–water partition coefficient (Wildman–Crippen LogP) is 2.15. The summed E-state index contributed by atoms with van der Waals surface area (Å²) in [4.78, 5) is 38.9. The molecule has 1 spiro atoms. The number of benzene rings is 1. The number of ether oxygens (including phenoxy) is 2. The molecule has 2 amide bonds. The number of carbonyl (C=O) groups is 2. The molecular weight excluding hydrogens is 436 g/mol. The van der Waals surface area contributed by atoms with Crippen LogP contribution in [-0.4, -0.2) is 76.8 Å². The second kappa shape index (κ2) is 9.40. The van der Waals surface area contributed by atoms with Gasteiger partial charge in [0.15, 0.2) is 11.6 Å². The minimum absolute atomic E-state index is 0.0868. The SMILES string of the molecule is CC(=O)NCCNc1nc(-c2ccccc2)nc2[nH]c(C(=O)N3CCC4(CC3)OCCO4)cc12. The third-order valence-electron chi connectivity index (χ3n) is 6.17. The number of likely N-dealkylation sites (tertiary alicyclic amines) is 1. The zero-order valence-electron chi connectivity index (χ0n) is 19.1. The first kappa shape index (κ1) is 22.3. The molecule has 2 aliphatic rings. The number of aromatic nitrogens is 3. The molecule has 10 heteroatoms. The van der Waals surface area contributed by atoms with Crippen molar-refractivity contribution < 1.29 is 19.1 Å². The van der Waals surface area contributed by atoms with Gasteiger partial charge in [-0.15, -0.1) is 0 Å². The molecule has 10 nitrogen and oxygen atoms in total. The summed E-state index contributed by atoms with van der Waals surface area (Å²) in [5.74, 6) is 0.446. The molecule has 0 bridgehead atoms. The number of piperidine rings is 1. The molecule has 0 aliphatic carbocycles. The topological polar surface area (TPSA) is 121 Å². The van der Waals surface area contributed by atoms with Crippen LogP contribution in [0.4, 0.5) is 5.82 Å². The van der Waals surface area contributed by atoms with Gasteiger partial charge >= 0.3 is 0 Å². The van der Waals surface area contributed by atoms with Crippen molar-refractivity contribution in [2.75, 3.05) is 44.7 Å². The molecule has 2 aromatic heterocycles. The Labute approximate surface area is 197 Å². The maximum Gasteiger partial charge on any atom is 0.270 e. The molecule has 0 unspecified atom stereocenters. The Morgan fingerprint density at radius 1 is 1.09 bits per heavy atom. The number of hydrogen-bond donors (Lipinski definition) is 3. The Bertz CT molecular complexity index is 1180. The molecule has 4 heterocycles. The average molecular weight is 465 g/mol. The number of amides is 2. The number of fused-ring (bicyclic) bond motifs is 1. The lowest BCUT2D eigenvalue weighted by atomic mass is 10.0. The van der Waals surface area contributed by atoms with E-state index in [4.69, 9.17) is 14.5 Å². The molecule has 5 rings (SSSR count). The van der Waals surface area contributed by atoms with Crippen LogP contribution in [0.15, 0.2) is 36.4 Å². The highest BCUT2D eigenvalue weighted by molar-refractivity contribution is 6.00. The number of nitrogens with zero attached hydrogens (tertiary/aromatic N) is 3. The van der Waals surface area contributed by atoms with E-state index in [1.54, 1.807) is 6.07 Å². The van der Waals surface area contributed by atoms with Gasteiger partial charge in [-0.3, -0.25) is 9.59 Å². The zero-order valence-corrected chi connectivity index (χ0v) is 19.1. The van der Waals surface area contributed by atoms with Gasteiger partial charge in [0.1, 0.15) is 17.2 Å². The predicted molar refractivity (Wildman–Crippen MR) is 126 cm³/mol. The first-order valence-corrected chi connectivity index (χ1v) is 11.5. The van der Waals surface area contributed by atoms with Gasteiger partial charge in [-0.2, -0.15) is 0 Å². The second-order valence-electron chi connectivity index (χ2n) is 8.52. The summed E-state index contributed by atoms with van der Waals surface area (Å²) in [6.45, 7) is 4.77. The summed E-state index contributed by atoms with van der Waals surface area (Å²) >= 11 is 0. The Morgan fingerprint density at radius 3 is 2.53 bits per heavy atom. The summed E-state index contributed by atoms with van der Waals surface area (Å²) in [5, 5.41) is 6.76. The van der Waals surface area contributed by atoms with Crippen molar-refractivity contribution in [3.05, 3.63) is 42.1 Å². The fraction of sp³-hybridized carbons (Fsp3) is 0.417. The van der Waals surface area contributed by atoms with Gasteiger partial charge in [0.2, 0.25) is 5.91 Å². The highest BCUT2D eigenvalue weighted by Crippen LogP contribution is 2.32. The molecule has 2 fully saturated rings. The van der Waals surface area contributed by atoms with E-state index in [0.717, 1.165) is 10.9 Å². The van der Waals surface area contributed by atoms with Gasteiger partial charge in [0.05, 0.1) is 18.6 Å². The minimum atomic E-state index is -0.529. The Morgan fingerprint density at radius 2 is 1.82 bits per heavy atom. The fourth-order valence-electron chi connectivity index (χ4n) is 4.40. The highest BCUT2D eigenvalue weighted by Gasteiger charge is 2.41. The normalized spacial score (nSPS) is 17.3. The Hall–Kier alpha value is -3.50. The van der Waals surface area contributed by atoms with Crippen LogP contribution in [0, 0.1) is 0 Å². The van der Waals surface area contributed by atoms with Crippen molar-refractivity contribution in [3.63, 3.8) is 0 Å². The van der Waals surface area contributed by atoms with Crippen LogP contribution >= 0.6 is 0 Å². The second-order valence-corrected chi connectivity index (χ2v) is 8.52. The number of H-pyrrole nitrogens is 1. The van der Waals surface area contributed by atoms with Crippen LogP contribution in [0.5, 0.6) is 0 Å². The lowest BCUT2D eigenvalue weighted by Crippen LogP contribution is -2.47. The molecule has 2 aliphatic heterocycles. The van der Waals surface area contributed by atoms with Crippen molar-refractivity contribution in [3.8, 4) is 11.4 Å². The molecule has 34 heavy (non-hydrogen) atoms. The number of nitrogens with one attached hydrogen (secondary N) is 3. The van der Waals surface area contributed by atoms with E-state index in [-0.39, 0.29) is 11.8 Å². The number of rotatable bonds is 6. The van der Waals surface area contributed by atoms with Gasteiger partial charge in [-0.1, -0.05) is 30.3 Å². The van der Waals surface area contributed by atoms with Gasteiger partial charge in [-0.05, 0) is 6.07 Å². The Kier molecular flexibility index (Phi) is 6.16. The maximum absolute atomic E-state index is 13.3. The summed E-state index contributed by atoms with van der Waals surface area (Å²) in [6, 6.07) is 11.5. The van der Waals surface area contributed by atoms with Crippen molar-refractivity contribution >= 4 is 28.7 Å². The molecule has 178 valence electrons. The lowest BCUT2D eigenvalue weighted by Gasteiger charge is -2.37. The van der Waals surface area contributed by atoms with Crippen molar-refractivity contribution in [1.29, 1.82) is 0 Å². The number of aromatic amines is 1. The molecule has 0 atom stereocenters. The highest BCUT2D eigenvalue weighted by atomic mass is 16.7. The third-order valence-corrected chi connectivity index (χ3v) is 6.17. The van der Waals surface area contributed by atoms with E-state index < -0.39 is 5.79 Å². The summed E-state index contributed by atoms with van der Waals surface area (Å²) < 4.78 is 11.5. The van der Waals surface area contributed by atoms with E-state index in [0.29, 0.717) is 75.2 Å². The van der Waals surface area contributed by atoms with Gasteiger partial charge < -0.3 is 30.0 Å². The fourth-order valence-corrected chi connectivity index (χ4v) is 4.40.